The van der Waals surface area contributed by atoms with Crippen molar-refractivity contribution in [3.8, 4) is 0 Å². The molecule has 5 heteroatoms. The maximum absolute atomic E-state index is 12.2. The predicted octanol–water partition coefficient (Wildman–Crippen LogP) is 1.40. The van der Waals surface area contributed by atoms with Gasteiger partial charge in [-0.3, -0.25) is 14.4 Å². The third kappa shape index (κ3) is 2.15. The van der Waals surface area contributed by atoms with E-state index in [-0.39, 0.29) is 18.0 Å². The first-order chi connectivity index (χ1) is 9.58. The Morgan fingerprint density at radius 3 is 2.65 bits per heavy atom. The molecule has 0 amide bonds. The van der Waals surface area contributed by atoms with Crippen molar-refractivity contribution in [1.29, 1.82) is 0 Å². The minimum absolute atomic E-state index is 0.0900. The van der Waals surface area contributed by atoms with Crippen LogP contribution in [0.3, 0.4) is 0 Å². The predicted molar refractivity (Wildman–Crippen MR) is 68.5 cm³/mol. The molecule has 3 aliphatic rings. The van der Waals surface area contributed by atoms with Crippen molar-refractivity contribution in [1.82, 2.24) is 0 Å². The fourth-order valence-electron chi connectivity index (χ4n) is 3.42. The summed E-state index contributed by atoms with van der Waals surface area (Å²) in [7, 11) is 0. The highest BCUT2D eigenvalue weighted by Gasteiger charge is 2.55. The number of ether oxygens (including phenoxy) is 2. The third-order valence-corrected chi connectivity index (χ3v) is 4.45. The van der Waals surface area contributed by atoms with E-state index in [0.717, 1.165) is 6.42 Å². The number of rotatable bonds is 0. The first-order valence-electron chi connectivity index (χ1n) is 7.18. The van der Waals surface area contributed by atoms with Crippen molar-refractivity contribution in [2.24, 2.45) is 17.8 Å². The maximum Gasteiger partial charge on any atom is 0.321 e. The number of esters is 2. The molecule has 0 bridgehead atoms. The highest BCUT2D eigenvalue weighted by atomic mass is 16.6. The first-order valence-corrected chi connectivity index (χ1v) is 7.18. The van der Waals surface area contributed by atoms with E-state index in [0.29, 0.717) is 19.3 Å². The van der Waals surface area contributed by atoms with Crippen LogP contribution in [0.15, 0.2) is 12.2 Å². The van der Waals surface area contributed by atoms with Crippen molar-refractivity contribution in [3.63, 3.8) is 0 Å². The zero-order valence-corrected chi connectivity index (χ0v) is 11.4. The molecule has 0 unspecified atom stereocenters. The molecule has 3 rings (SSSR count). The molecule has 0 spiro atoms. The quantitative estimate of drug-likeness (QED) is 0.380. The highest BCUT2D eigenvalue weighted by molar-refractivity contribution is 5.98. The Morgan fingerprint density at radius 2 is 1.85 bits per heavy atom. The van der Waals surface area contributed by atoms with E-state index in [1.807, 2.05) is 19.1 Å². The number of allylic oxidation sites excluding steroid dienone is 2. The lowest BCUT2D eigenvalue weighted by molar-refractivity contribution is -0.160. The standard InChI is InChI=1S/C15H18O5/c1-8-4-2-3-5-9-10(16)6-7-11-12(9)13(14(17)19-8)15(18)20-11/h3,5,8-9,11-13H,2,4,6-7H2,1H3/b5-3-/t8-,9-,11-,12+,13-/m0/s1. The van der Waals surface area contributed by atoms with E-state index in [1.165, 1.54) is 0 Å². The van der Waals surface area contributed by atoms with Gasteiger partial charge in [-0.15, -0.1) is 0 Å². The molecule has 0 radical (unpaired) electrons. The lowest BCUT2D eigenvalue weighted by Crippen LogP contribution is -2.41. The molecule has 2 aliphatic heterocycles. The zero-order valence-electron chi connectivity index (χ0n) is 11.4. The monoisotopic (exact) mass is 278 g/mol. The molecule has 0 aromatic carbocycles. The fraction of sp³-hybridized carbons (Fsp3) is 0.667. The average molecular weight is 278 g/mol. The Kier molecular flexibility index (Phi) is 3.36. The van der Waals surface area contributed by atoms with Crippen LogP contribution in [0.1, 0.15) is 32.6 Å². The molecule has 2 heterocycles. The molecule has 1 saturated heterocycles. The second-order valence-electron chi connectivity index (χ2n) is 5.81. The molecule has 1 aliphatic carbocycles. The van der Waals surface area contributed by atoms with Gasteiger partial charge in [0.15, 0.2) is 5.92 Å². The number of Topliss-reactive ketones (excluding diaryl/α,β-unsaturated/α-hetero) is 1. The van der Waals surface area contributed by atoms with Gasteiger partial charge in [-0.2, -0.15) is 0 Å². The minimum atomic E-state index is -0.945. The normalized spacial score (nSPS) is 42.5. The minimum Gasteiger partial charge on any atom is -0.462 e. The Hall–Kier alpha value is -1.65. The number of hydrogen-bond donors (Lipinski definition) is 0. The van der Waals surface area contributed by atoms with Crippen LogP contribution in [0.2, 0.25) is 0 Å². The summed E-state index contributed by atoms with van der Waals surface area (Å²) in [6.07, 6.45) is 5.63. The second kappa shape index (κ2) is 5.04. The van der Waals surface area contributed by atoms with Crippen molar-refractivity contribution >= 4 is 17.7 Å². The van der Waals surface area contributed by atoms with Crippen molar-refractivity contribution < 1.29 is 23.9 Å². The van der Waals surface area contributed by atoms with Gasteiger partial charge in [-0.05, 0) is 26.2 Å². The number of hydrogen-bond acceptors (Lipinski definition) is 5. The molecule has 2 fully saturated rings. The Morgan fingerprint density at radius 1 is 1.10 bits per heavy atom. The van der Waals surface area contributed by atoms with Gasteiger partial charge in [0.1, 0.15) is 11.9 Å². The Balaban J connectivity index is 1.98. The van der Waals surface area contributed by atoms with Gasteiger partial charge in [0.05, 0.1) is 6.10 Å². The third-order valence-electron chi connectivity index (χ3n) is 4.45. The van der Waals surface area contributed by atoms with Gasteiger partial charge in [0.2, 0.25) is 0 Å². The Labute approximate surface area is 117 Å². The van der Waals surface area contributed by atoms with E-state index in [1.54, 1.807) is 0 Å². The van der Waals surface area contributed by atoms with Gasteiger partial charge in [0, 0.05) is 18.3 Å². The molecule has 5 atom stereocenters. The molecule has 108 valence electrons. The van der Waals surface area contributed by atoms with Gasteiger partial charge < -0.3 is 9.47 Å². The van der Waals surface area contributed by atoms with Crippen molar-refractivity contribution in [2.45, 2.75) is 44.8 Å². The maximum atomic E-state index is 12.2. The number of ketones is 1. The van der Waals surface area contributed by atoms with E-state index in [4.69, 9.17) is 9.47 Å². The Bertz CT molecular complexity index is 481. The van der Waals surface area contributed by atoms with Gasteiger partial charge >= 0.3 is 11.9 Å². The number of carbonyl (C=O) groups excluding carboxylic acids is 3. The van der Waals surface area contributed by atoms with Gasteiger partial charge in [-0.1, -0.05) is 12.2 Å². The van der Waals surface area contributed by atoms with E-state index >= 15 is 0 Å². The van der Waals surface area contributed by atoms with Crippen LogP contribution in [-0.4, -0.2) is 29.9 Å². The molecule has 1 saturated carbocycles. The number of carbonyl (C=O) groups is 3. The summed E-state index contributed by atoms with van der Waals surface area (Å²) in [5, 5.41) is 0. The van der Waals surface area contributed by atoms with Crippen LogP contribution in [-0.2, 0) is 23.9 Å². The largest absolute Gasteiger partial charge is 0.462 e. The summed E-state index contributed by atoms with van der Waals surface area (Å²) in [5.41, 5.74) is 0. The second-order valence-corrected chi connectivity index (χ2v) is 5.81. The summed E-state index contributed by atoms with van der Waals surface area (Å²) in [6, 6.07) is 0. The summed E-state index contributed by atoms with van der Waals surface area (Å²) in [4.78, 5) is 36.3. The fourth-order valence-corrected chi connectivity index (χ4v) is 3.42. The van der Waals surface area contributed by atoms with Gasteiger partial charge in [-0.25, -0.2) is 0 Å². The summed E-state index contributed by atoms with van der Waals surface area (Å²) in [5.74, 6) is -2.72. The molecule has 5 nitrogen and oxygen atoms in total. The zero-order chi connectivity index (χ0) is 14.3. The van der Waals surface area contributed by atoms with E-state index in [9.17, 15) is 14.4 Å². The van der Waals surface area contributed by atoms with Crippen LogP contribution in [0.25, 0.3) is 0 Å². The molecule has 0 aromatic rings. The molecule has 0 N–H and O–H groups in total. The average Bonchev–Trinajstić information content (AvgIpc) is 2.72. The first kappa shape index (κ1) is 13.3. The topological polar surface area (TPSA) is 69.7 Å². The molecule has 0 aromatic heterocycles. The van der Waals surface area contributed by atoms with E-state index < -0.39 is 29.7 Å². The van der Waals surface area contributed by atoms with E-state index in [2.05, 4.69) is 0 Å². The summed E-state index contributed by atoms with van der Waals surface area (Å²) in [6.45, 7) is 1.81. The number of cyclic esters (lactones) is 1. The van der Waals surface area contributed by atoms with Crippen LogP contribution in [0.5, 0.6) is 0 Å². The van der Waals surface area contributed by atoms with Crippen LogP contribution >= 0.6 is 0 Å². The smallest absolute Gasteiger partial charge is 0.321 e. The lowest BCUT2D eigenvalue weighted by atomic mass is 9.71. The van der Waals surface area contributed by atoms with Crippen LogP contribution in [0, 0.1) is 17.8 Å². The van der Waals surface area contributed by atoms with Crippen LogP contribution in [0.4, 0.5) is 0 Å². The molecular weight excluding hydrogens is 260 g/mol. The van der Waals surface area contributed by atoms with Crippen LogP contribution < -0.4 is 0 Å². The molecule has 20 heavy (non-hydrogen) atoms. The summed E-state index contributed by atoms with van der Waals surface area (Å²) >= 11 is 0. The van der Waals surface area contributed by atoms with Gasteiger partial charge in [0.25, 0.3) is 0 Å². The summed E-state index contributed by atoms with van der Waals surface area (Å²) < 4.78 is 10.6. The SMILES string of the molecule is C[C@H]1CC/C=C\[C@H]2C(=O)CC[C@@H]3OC(=O)[C@H](C(=O)O1)[C@@H]32. The molecular formula is C15H18O5. The van der Waals surface area contributed by atoms with Crippen molar-refractivity contribution in [3.05, 3.63) is 12.2 Å². The lowest BCUT2D eigenvalue weighted by Gasteiger charge is -2.31. The highest BCUT2D eigenvalue weighted by Crippen LogP contribution is 2.42. The van der Waals surface area contributed by atoms with Crippen molar-refractivity contribution in [2.75, 3.05) is 0 Å².